The minimum Gasteiger partial charge on any atom is -0.481 e. The standard InChI is InChI=1S/C14H20N2O3/c1-10-4-6-12(7-5-10)8-15-14(19)16(3)9-11(2)13(17)18/h4-7,11H,8-9H2,1-3H3,(H,15,19)(H,17,18). The first-order valence-electron chi connectivity index (χ1n) is 6.17. The highest BCUT2D eigenvalue weighted by atomic mass is 16.4. The van der Waals surface area contributed by atoms with E-state index < -0.39 is 11.9 Å². The third-order valence-corrected chi connectivity index (χ3v) is 2.88. The van der Waals surface area contributed by atoms with Gasteiger partial charge in [0.15, 0.2) is 0 Å². The number of nitrogens with zero attached hydrogens (tertiary/aromatic N) is 1. The summed E-state index contributed by atoms with van der Waals surface area (Å²) in [7, 11) is 1.59. The first kappa shape index (κ1) is 15.0. The van der Waals surface area contributed by atoms with Gasteiger partial charge in [0, 0.05) is 20.1 Å². The molecule has 2 amide bonds. The third-order valence-electron chi connectivity index (χ3n) is 2.88. The van der Waals surface area contributed by atoms with Gasteiger partial charge in [0.2, 0.25) is 0 Å². The monoisotopic (exact) mass is 264 g/mol. The van der Waals surface area contributed by atoms with E-state index in [1.807, 2.05) is 31.2 Å². The van der Waals surface area contributed by atoms with Crippen LogP contribution in [0.4, 0.5) is 4.79 Å². The van der Waals surface area contributed by atoms with Crippen LogP contribution in [0.15, 0.2) is 24.3 Å². The minimum absolute atomic E-state index is 0.190. The number of aliphatic carboxylic acids is 1. The molecular formula is C14H20N2O3. The number of amides is 2. The van der Waals surface area contributed by atoms with Gasteiger partial charge in [-0.1, -0.05) is 36.8 Å². The number of carboxylic acids is 1. The van der Waals surface area contributed by atoms with Crippen LogP contribution in [0.1, 0.15) is 18.1 Å². The van der Waals surface area contributed by atoms with E-state index in [1.54, 1.807) is 14.0 Å². The largest absolute Gasteiger partial charge is 0.481 e. The van der Waals surface area contributed by atoms with Crippen LogP contribution in [0, 0.1) is 12.8 Å². The number of hydrogen-bond acceptors (Lipinski definition) is 2. The van der Waals surface area contributed by atoms with Crippen molar-refractivity contribution in [3.63, 3.8) is 0 Å². The lowest BCUT2D eigenvalue weighted by Crippen LogP contribution is -2.40. The molecule has 0 aromatic heterocycles. The second kappa shape index (κ2) is 6.78. The maximum absolute atomic E-state index is 11.8. The number of urea groups is 1. The van der Waals surface area contributed by atoms with Crippen LogP contribution in [-0.2, 0) is 11.3 Å². The fourth-order valence-electron chi connectivity index (χ4n) is 1.59. The van der Waals surface area contributed by atoms with Crippen molar-refractivity contribution in [3.05, 3.63) is 35.4 Å². The van der Waals surface area contributed by atoms with Gasteiger partial charge < -0.3 is 15.3 Å². The third kappa shape index (κ3) is 4.99. The maximum Gasteiger partial charge on any atom is 0.317 e. The van der Waals surface area contributed by atoms with E-state index in [9.17, 15) is 9.59 Å². The fourth-order valence-corrected chi connectivity index (χ4v) is 1.59. The molecule has 0 aliphatic rings. The Morgan fingerprint density at radius 3 is 2.42 bits per heavy atom. The first-order chi connectivity index (χ1) is 8.90. The van der Waals surface area contributed by atoms with Crippen LogP contribution in [0.2, 0.25) is 0 Å². The summed E-state index contributed by atoms with van der Waals surface area (Å²) in [6.07, 6.45) is 0. The first-order valence-corrected chi connectivity index (χ1v) is 6.17. The van der Waals surface area contributed by atoms with Crippen molar-refractivity contribution in [1.82, 2.24) is 10.2 Å². The van der Waals surface area contributed by atoms with Crippen molar-refractivity contribution in [3.8, 4) is 0 Å². The molecule has 1 unspecified atom stereocenters. The summed E-state index contributed by atoms with van der Waals surface area (Å²) in [6, 6.07) is 7.61. The molecule has 0 bridgehead atoms. The molecular weight excluding hydrogens is 244 g/mol. The van der Waals surface area contributed by atoms with E-state index in [0.29, 0.717) is 6.54 Å². The zero-order valence-electron chi connectivity index (χ0n) is 11.5. The summed E-state index contributed by atoms with van der Waals surface area (Å²) in [6.45, 7) is 4.20. The van der Waals surface area contributed by atoms with Crippen LogP contribution in [0.25, 0.3) is 0 Å². The number of carboxylic acid groups (broad SMARTS) is 1. The summed E-state index contributed by atoms with van der Waals surface area (Å²) >= 11 is 0. The normalized spacial score (nSPS) is 11.7. The Hall–Kier alpha value is -2.04. The predicted octanol–water partition coefficient (Wildman–Crippen LogP) is 1.86. The highest BCUT2D eigenvalue weighted by Crippen LogP contribution is 2.03. The Morgan fingerprint density at radius 2 is 1.89 bits per heavy atom. The Labute approximate surface area is 113 Å². The Bertz CT molecular complexity index is 443. The molecule has 2 N–H and O–H groups in total. The van der Waals surface area contributed by atoms with Gasteiger partial charge in [-0.2, -0.15) is 0 Å². The molecule has 0 aliphatic carbocycles. The molecule has 0 saturated carbocycles. The summed E-state index contributed by atoms with van der Waals surface area (Å²) in [4.78, 5) is 23.9. The molecule has 19 heavy (non-hydrogen) atoms. The van der Waals surface area contributed by atoms with Crippen molar-refractivity contribution < 1.29 is 14.7 Å². The topological polar surface area (TPSA) is 69.6 Å². The molecule has 0 radical (unpaired) electrons. The molecule has 5 nitrogen and oxygen atoms in total. The quantitative estimate of drug-likeness (QED) is 0.852. The second-order valence-electron chi connectivity index (χ2n) is 4.76. The highest BCUT2D eigenvalue weighted by Gasteiger charge is 2.16. The van der Waals surface area contributed by atoms with Crippen molar-refractivity contribution in [2.45, 2.75) is 20.4 Å². The van der Waals surface area contributed by atoms with E-state index in [4.69, 9.17) is 5.11 Å². The molecule has 1 atom stereocenters. The van der Waals surface area contributed by atoms with E-state index >= 15 is 0 Å². The van der Waals surface area contributed by atoms with Gasteiger partial charge in [-0.3, -0.25) is 4.79 Å². The van der Waals surface area contributed by atoms with E-state index in [-0.39, 0.29) is 12.6 Å². The fraction of sp³-hybridized carbons (Fsp3) is 0.429. The van der Waals surface area contributed by atoms with Crippen molar-refractivity contribution in [1.29, 1.82) is 0 Å². The van der Waals surface area contributed by atoms with Crippen molar-refractivity contribution in [2.75, 3.05) is 13.6 Å². The van der Waals surface area contributed by atoms with Gasteiger partial charge in [-0.25, -0.2) is 4.79 Å². The molecule has 1 aromatic rings. The van der Waals surface area contributed by atoms with Crippen LogP contribution in [-0.4, -0.2) is 35.6 Å². The van der Waals surface area contributed by atoms with Crippen molar-refractivity contribution in [2.24, 2.45) is 5.92 Å². The number of carbonyl (C=O) groups excluding carboxylic acids is 1. The van der Waals surface area contributed by atoms with Crippen LogP contribution < -0.4 is 5.32 Å². The van der Waals surface area contributed by atoms with Crippen LogP contribution in [0.3, 0.4) is 0 Å². The molecule has 1 rings (SSSR count). The van der Waals surface area contributed by atoms with Gasteiger partial charge in [-0.15, -0.1) is 0 Å². The van der Waals surface area contributed by atoms with Gasteiger partial charge in [0.25, 0.3) is 0 Å². The molecule has 1 aromatic carbocycles. The maximum atomic E-state index is 11.8. The smallest absolute Gasteiger partial charge is 0.317 e. The molecule has 104 valence electrons. The highest BCUT2D eigenvalue weighted by molar-refractivity contribution is 5.75. The van der Waals surface area contributed by atoms with Crippen LogP contribution >= 0.6 is 0 Å². The lowest BCUT2D eigenvalue weighted by molar-refractivity contribution is -0.141. The summed E-state index contributed by atoms with van der Waals surface area (Å²) < 4.78 is 0. The molecule has 0 fully saturated rings. The second-order valence-corrected chi connectivity index (χ2v) is 4.76. The van der Waals surface area contributed by atoms with Gasteiger partial charge in [0.1, 0.15) is 0 Å². The SMILES string of the molecule is Cc1ccc(CNC(=O)N(C)CC(C)C(=O)O)cc1. The number of carbonyl (C=O) groups is 2. The summed E-state index contributed by atoms with van der Waals surface area (Å²) in [5.74, 6) is -1.48. The predicted molar refractivity (Wildman–Crippen MR) is 72.8 cm³/mol. The zero-order valence-corrected chi connectivity index (χ0v) is 11.5. The number of aryl methyl sites for hydroxylation is 1. The van der Waals surface area contributed by atoms with Gasteiger partial charge in [0.05, 0.1) is 5.92 Å². The van der Waals surface area contributed by atoms with E-state index in [1.165, 1.54) is 10.5 Å². The Balaban J connectivity index is 2.42. The number of hydrogen-bond donors (Lipinski definition) is 2. The minimum atomic E-state index is -0.904. The summed E-state index contributed by atoms with van der Waals surface area (Å²) in [5, 5.41) is 11.5. The van der Waals surface area contributed by atoms with Crippen LogP contribution in [0.5, 0.6) is 0 Å². The van der Waals surface area contributed by atoms with E-state index in [0.717, 1.165) is 5.56 Å². The average Bonchev–Trinajstić information content (AvgIpc) is 2.37. The Morgan fingerprint density at radius 1 is 1.32 bits per heavy atom. The van der Waals surface area contributed by atoms with Gasteiger partial charge in [-0.05, 0) is 12.5 Å². The molecule has 0 aliphatic heterocycles. The number of rotatable bonds is 5. The Kier molecular flexibility index (Phi) is 5.36. The summed E-state index contributed by atoms with van der Waals surface area (Å²) in [5.41, 5.74) is 2.18. The number of nitrogens with one attached hydrogen (secondary N) is 1. The molecule has 0 spiro atoms. The van der Waals surface area contributed by atoms with Gasteiger partial charge >= 0.3 is 12.0 Å². The molecule has 5 heteroatoms. The number of benzene rings is 1. The zero-order chi connectivity index (χ0) is 14.4. The lowest BCUT2D eigenvalue weighted by atomic mass is 10.1. The lowest BCUT2D eigenvalue weighted by Gasteiger charge is -2.20. The van der Waals surface area contributed by atoms with Crippen molar-refractivity contribution >= 4 is 12.0 Å². The molecule has 0 heterocycles. The van der Waals surface area contributed by atoms with E-state index in [2.05, 4.69) is 5.32 Å². The molecule has 0 saturated heterocycles. The average molecular weight is 264 g/mol.